The third-order valence-electron chi connectivity index (χ3n) is 6.03. The summed E-state index contributed by atoms with van der Waals surface area (Å²) >= 11 is 0. The molecule has 0 aliphatic heterocycles. The Bertz CT molecular complexity index is 873. The third-order valence-corrected chi connectivity index (χ3v) is 6.03. The Balaban J connectivity index is 1.74. The Labute approximate surface area is 186 Å². The fraction of sp³-hybridized carbons (Fsp3) is 0.462. The smallest absolute Gasteiger partial charge is 0.255 e. The maximum Gasteiger partial charge on any atom is 0.255 e. The van der Waals surface area contributed by atoms with Gasteiger partial charge in [0.2, 0.25) is 5.91 Å². The molecule has 0 heterocycles. The summed E-state index contributed by atoms with van der Waals surface area (Å²) in [5.74, 6) is 0.209. The topological polar surface area (TPSA) is 75.4 Å². The molecular formula is C26H35N3O2. The average molecular weight is 422 g/mol. The van der Waals surface area contributed by atoms with Gasteiger partial charge in [0.05, 0.1) is 0 Å². The number of benzene rings is 2. The largest absolute Gasteiger partial charge is 0.338 e. The number of hydrogen-bond acceptors (Lipinski definition) is 3. The lowest BCUT2D eigenvalue weighted by atomic mass is 9.86. The van der Waals surface area contributed by atoms with E-state index in [0.29, 0.717) is 25.2 Å². The van der Waals surface area contributed by atoms with Gasteiger partial charge in [-0.2, -0.15) is 0 Å². The van der Waals surface area contributed by atoms with Crippen LogP contribution in [0.4, 0.5) is 5.69 Å². The second-order valence-electron chi connectivity index (χ2n) is 9.42. The van der Waals surface area contributed by atoms with Crippen molar-refractivity contribution in [3.63, 3.8) is 0 Å². The second kappa shape index (κ2) is 10.6. The van der Waals surface area contributed by atoms with Crippen molar-refractivity contribution < 1.29 is 9.59 Å². The summed E-state index contributed by atoms with van der Waals surface area (Å²) in [5, 5.41) is 2.96. The minimum absolute atomic E-state index is 0.114. The molecule has 2 aromatic carbocycles. The van der Waals surface area contributed by atoms with Gasteiger partial charge in [-0.3, -0.25) is 9.59 Å². The van der Waals surface area contributed by atoms with E-state index in [4.69, 9.17) is 5.73 Å². The molecule has 31 heavy (non-hydrogen) atoms. The van der Waals surface area contributed by atoms with Gasteiger partial charge in [-0.05, 0) is 54.6 Å². The van der Waals surface area contributed by atoms with Gasteiger partial charge in [0, 0.05) is 30.3 Å². The van der Waals surface area contributed by atoms with Crippen molar-refractivity contribution in [3.8, 4) is 0 Å². The molecule has 166 valence electrons. The maximum absolute atomic E-state index is 13.4. The molecule has 0 atom stereocenters. The van der Waals surface area contributed by atoms with Gasteiger partial charge in [0.25, 0.3) is 5.91 Å². The summed E-state index contributed by atoms with van der Waals surface area (Å²) in [6, 6.07) is 16.9. The minimum atomic E-state index is -0.149. The highest BCUT2D eigenvalue weighted by Crippen LogP contribution is 2.28. The number of rotatable bonds is 8. The van der Waals surface area contributed by atoms with Crippen molar-refractivity contribution in [2.24, 2.45) is 17.1 Å². The molecule has 3 rings (SSSR count). The summed E-state index contributed by atoms with van der Waals surface area (Å²) in [5.41, 5.74) is 8.18. The fourth-order valence-corrected chi connectivity index (χ4v) is 4.16. The zero-order chi connectivity index (χ0) is 22.3. The molecule has 0 bridgehead atoms. The Hall–Kier alpha value is -2.66. The van der Waals surface area contributed by atoms with Crippen LogP contribution in [-0.4, -0.2) is 29.8 Å². The summed E-state index contributed by atoms with van der Waals surface area (Å²) in [4.78, 5) is 27.8. The standard InChI is InChI=1S/C26H35N3O2/c1-26(2,18-27)19-29(25(31)22-13-7-4-8-14-22)17-20-10-9-15-23(16-20)28-24(30)21-11-5-3-6-12-21/h3,5-6,9-12,15-16,22H,4,7-8,13-14,17-19,27H2,1-2H3,(H,28,30). The Morgan fingerprint density at radius 1 is 1.03 bits per heavy atom. The maximum atomic E-state index is 13.4. The lowest BCUT2D eigenvalue weighted by Gasteiger charge is -2.35. The molecule has 1 saturated carbocycles. The van der Waals surface area contributed by atoms with Crippen LogP contribution in [0.15, 0.2) is 54.6 Å². The molecular weight excluding hydrogens is 386 g/mol. The van der Waals surface area contributed by atoms with Crippen LogP contribution in [0.3, 0.4) is 0 Å². The Kier molecular flexibility index (Phi) is 7.85. The SMILES string of the molecule is CC(C)(CN)CN(Cc1cccc(NC(=O)c2ccccc2)c1)C(=O)C1CCCCC1. The molecule has 2 amide bonds. The second-order valence-corrected chi connectivity index (χ2v) is 9.42. The third kappa shape index (κ3) is 6.66. The van der Waals surface area contributed by atoms with E-state index in [0.717, 1.165) is 36.9 Å². The molecule has 5 heteroatoms. The first-order valence-corrected chi connectivity index (χ1v) is 11.3. The first-order chi connectivity index (χ1) is 14.9. The lowest BCUT2D eigenvalue weighted by Crippen LogP contribution is -2.44. The van der Waals surface area contributed by atoms with Crippen molar-refractivity contribution in [2.75, 3.05) is 18.4 Å². The highest BCUT2D eigenvalue weighted by molar-refractivity contribution is 6.04. The van der Waals surface area contributed by atoms with Crippen LogP contribution in [0.1, 0.15) is 61.9 Å². The van der Waals surface area contributed by atoms with Crippen LogP contribution in [0.25, 0.3) is 0 Å². The first kappa shape index (κ1) is 23.0. The zero-order valence-electron chi connectivity index (χ0n) is 18.8. The van der Waals surface area contributed by atoms with Crippen LogP contribution in [-0.2, 0) is 11.3 Å². The number of hydrogen-bond donors (Lipinski definition) is 2. The predicted octanol–water partition coefficient (Wildman–Crippen LogP) is 4.83. The number of amides is 2. The number of carbonyl (C=O) groups is 2. The van der Waals surface area contributed by atoms with Gasteiger partial charge >= 0.3 is 0 Å². The van der Waals surface area contributed by atoms with Gasteiger partial charge in [0.15, 0.2) is 0 Å². The molecule has 1 aliphatic carbocycles. The molecule has 0 radical (unpaired) electrons. The lowest BCUT2D eigenvalue weighted by molar-refractivity contribution is -0.138. The van der Waals surface area contributed by atoms with Crippen LogP contribution >= 0.6 is 0 Å². The summed E-state index contributed by atoms with van der Waals surface area (Å²) < 4.78 is 0. The zero-order valence-corrected chi connectivity index (χ0v) is 18.8. The molecule has 2 aromatic rings. The van der Waals surface area contributed by atoms with Crippen LogP contribution < -0.4 is 11.1 Å². The number of nitrogens with one attached hydrogen (secondary N) is 1. The molecule has 3 N–H and O–H groups in total. The van der Waals surface area contributed by atoms with Gasteiger partial charge in [-0.25, -0.2) is 0 Å². The van der Waals surface area contributed by atoms with E-state index in [1.54, 1.807) is 12.1 Å². The van der Waals surface area contributed by atoms with E-state index >= 15 is 0 Å². The quantitative estimate of drug-likeness (QED) is 0.641. The molecule has 0 aromatic heterocycles. The molecule has 1 aliphatic rings. The van der Waals surface area contributed by atoms with Crippen LogP contribution in [0, 0.1) is 11.3 Å². The highest BCUT2D eigenvalue weighted by atomic mass is 16.2. The van der Waals surface area contributed by atoms with Crippen molar-refractivity contribution in [1.29, 1.82) is 0 Å². The average Bonchev–Trinajstić information content (AvgIpc) is 2.79. The van der Waals surface area contributed by atoms with E-state index < -0.39 is 0 Å². The van der Waals surface area contributed by atoms with Gasteiger partial charge in [-0.15, -0.1) is 0 Å². The summed E-state index contributed by atoms with van der Waals surface area (Å²) in [6.07, 6.45) is 5.44. The Morgan fingerprint density at radius 3 is 2.42 bits per heavy atom. The van der Waals surface area contributed by atoms with Crippen molar-refractivity contribution in [2.45, 2.75) is 52.5 Å². The summed E-state index contributed by atoms with van der Waals surface area (Å²) in [7, 11) is 0. The fourth-order valence-electron chi connectivity index (χ4n) is 4.16. The van der Waals surface area contributed by atoms with Crippen molar-refractivity contribution in [3.05, 3.63) is 65.7 Å². The Morgan fingerprint density at radius 2 is 1.74 bits per heavy atom. The number of nitrogens with two attached hydrogens (primary N) is 1. The predicted molar refractivity (Wildman–Crippen MR) is 126 cm³/mol. The monoisotopic (exact) mass is 421 g/mol. The van der Waals surface area contributed by atoms with E-state index in [1.165, 1.54) is 6.42 Å². The van der Waals surface area contributed by atoms with E-state index in [-0.39, 0.29) is 23.1 Å². The molecule has 5 nitrogen and oxygen atoms in total. The van der Waals surface area contributed by atoms with E-state index in [2.05, 4.69) is 19.2 Å². The number of anilines is 1. The molecule has 0 unspecified atom stereocenters. The minimum Gasteiger partial charge on any atom is -0.338 e. The number of nitrogens with zero attached hydrogens (tertiary/aromatic N) is 1. The van der Waals surface area contributed by atoms with E-state index in [9.17, 15) is 9.59 Å². The highest BCUT2D eigenvalue weighted by Gasteiger charge is 2.30. The van der Waals surface area contributed by atoms with Crippen LogP contribution in [0.5, 0.6) is 0 Å². The van der Waals surface area contributed by atoms with Crippen molar-refractivity contribution >= 4 is 17.5 Å². The molecule has 0 saturated heterocycles. The van der Waals surface area contributed by atoms with Gasteiger partial charge in [0.1, 0.15) is 0 Å². The van der Waals surface area contributed by atoms with Gasteiger partial charge in [-0.1, -0.05) is 63.4 Å². The molecule has 1 fully saturated rings. The van der Waals surface area contributed by atoms with Gasteiger partial charge < -0.3 is 16.0 Å². The van der Waals surface area contributed by atoms with Crippen molar-refractivity contribution in [1.82, 2.24) is 4.90 Å². The van der Waals surface area contributed by atoms with E-state index in [1.807, 2.05) is 47.4 Å². The first-order valence-electron chi connectivity index (χ1n) is 11.3. The normalized spacial score (nSPS) is 14.8. The summed E-state index contributed by atoms with van der Waals surface area (Å²) in [6.45, 7) is 5.87. The number of carbonyl (C=O) groups excluding carboxylic acids is 2. The molecule has 0 spiro atoms. The van der Waals surface area contributed by atoms with Crippen LogP contribution in [0.2, 0.25) is 0 Å².